The van der Waals surface area contributed by atoms with Crippen LogP contribution in [0.1, 0.15) is 12.8 Å². The van der Waals surface area contributed by atoms with Crippen LogP contribution in [0.25, 0.3) is 0 Å². The summed E-state index contributed by atoms with van der Waals surface area (Å²) in [4.78, 5) is 56.1. The van der Waals surface area contributed by atoms with Gasteiger partial charge in [0.1, 0.15) is 6.04 Å². The van der Waals surface area contributed by atoms with Gasteiger partial charge >= 0.3 is 41.6 Å². The van der Waals surface area contributed by atoms with Gasteiger partial charge in [-0.3, -0.25) is 19.4 Å². The van der Waals surface area contributed by atoms with Crippen molar-refractivity contribution in [1.29, 1.82) is 0 Å². The van der Waals surface area contributed by atoms with E-state index in [-0.39, 0.29) is 54.0 Å². The minimum atomic E-state index is -5.15. The molecule has 13 heteroatoms. The van der Waals surface area contributed by atoms with Crippen LogP contribution in [0, 0.1) is 5.92 Å². The van der Waals surface area contributed by atoms with Gasteiger partial charge in [-0.15, -0.1) is 0 Å². The van der Waals surface area contributed by atoms with Crippen LogP contribution >= 0.6 is 0 Å². The fraction of sp³-hybridized carbons (Fsp3) is 0.381. The maximum Gasteiger partial charge on any atom is 1.00 e. The number of carbonyl (C=O) groups excluding carboxylic acids is 4. The number of pyridine rings is 1. The molecular formula is C21H16F3N4NaO5. The molecule has 0 radical (unpaired) electrons. The first-order chi connectivity index (χ1) is 15.6. The van der Waals surface area contributed by atoms with Gasteiger partial charge in [-0.05, 0) is 36.6 Å². The largest absolute Gasteiger partial charge is 1.00 e. The number of carboxylic acids is 1. The number of amides is 3. The van der Waals surface area contributed by atoms with Gasteiger partial charge in [-0.1, -0.05) is 0 Å². The predicted molar refractivity (Wildman–Crippen MR) is 102 cm³/mol. The molecule has 0 saturated carbocycles. The average Bonchev–Trinajstić information content (AvgIpc) is 3.29. The normalized spacial score (nSPS) is 27.1. The van der Waals surface area contributed by atoms with Crippen LogP contribution in [0.3, 0.4) is 0 Å². The number of hydrogen-bond acceptors (Lipinski definition) is 6. The van der Waals surface area contributed by atoms with Gasteiger partial charge in [0, 0.05) is 30.8 Å². The summed E-state index contributed by atoms with van der Waals surface area (Å²) in [5.74, 6) is -5.66. The molecule has 5 rings (SSSR count). The Kier molecular flexibility index (Phi) is 6.11. The number of nitrogens with zero attached hydrogens (tertiary/aromatic N) is 4. The van der Waals surface area contributed by atoms with E-state index in [1.807, 2.05) is 0 Å². The Morgan fingerprint density at radius 1 is 1.21 bits per heavy atom. The van der Waals surface area contributed by atoms with Crippen molar-refractivity contribution in [1.82, 2.24) is 14.8 Å². The summed E-state index contributed by atoms with van der Waals surface area (Å²) >= 11 is 0. The summed E-state index contributed by atoms with van der Waals surface area (Å²) in [5.41, 5.74) is 0.608. The number of β-lactam (4-membered cyclic amide) rings is 1. The second-order valence-corrected chi connectivity index (χ2v) is 8.21. The van der Waals surface area contributed by atoms with E-state index in [4.69, 9.17) is 0 Å². The van der Waals surface area contributed by atoms with Gasteiger partial charge in [0.25, 0.3) is 11.8 Å². The zero-order valence-corrected chi connectivity index (χ0v) is 19.9. The molecule has 0 spiro atoms. The summed E-state index contributed by atoms with van der Waals surface area (Å²) in [6.07, 6.45) is -0.325. The van der Waals surface area contributed by atoms with Crippen LogP contribution < -0.4 is 39.6 Å². The predicted octanol–water partition coefficient (Wildman–Crippen LogP) is -3.24. The number of allylic oxidation sites excluding steroid dienone is 1. The monoisotopic (exact) mass is 484 g/mol. The standard InChI is InChI=1S/C21H17F3N4O5.Na/c22-21(23,24)20(33)27-7-4-12-13(15(19(31)32)28-14(12)16(27)18(28)30)8-10-3-6-26(17(10)29)11-2-1-5-25-9-11;/h1-2,5,8-9,12,14,16H,3-4,6-7H2,(H,31,32);/q;+1/p-1/b10-8+;/t12?,14-,16+;/m1./s1. The van der Waals surface area contributed by atoms with Gasteiger partial charge < -0.3 is 24.6 Å². The molecule has 4 aliphatic heterocycles. The van der Waals surface area contributed by atoms with Crippen molar-refractivity contribution in [3.63, 3.8) is 0 Å². The first kappa shape index (κ1) is 24.4. The van der Waals surface area contributed by atoms with Crippen molar-refractivity contribution in [3.05, 3.63) is 47.4 Å². The van der Waals surface area contributed by atoms with E-state index in [1.54, 1.807) is 18.3 Å². The number of carbonyl (C=O) groups is 4. The number of aromatic nitrogens is 1. The Morgan fingerprint density at radius 3 is 2.56 bits per heavy atom. The van der Waals surface area contributed by atoms with Crippen LogP contribution in [0.4, 0.5) is 18.9 Å². The van der Waals surface area contributed by atoms with E-state index in [1.165, 1.54) is 17.2 Å². The number of hydrogen-bond donors (Lipinski definition) is 0. The maximum atomic E-state index is 13.0. The Bertz CT molecular complexity index is 1150. The van der Waals surface area contributed by atoms with Crippen LogP contribution in [-0.4, -0.2) is 69.8 Å². The molecule has 172 valence electrons. The quantitative estimate of drug-likeness (QED) is 0.253. The third kappa shape index (κ3) is 3.55. The topological polar surface area (TPSA) is 114 Å². The second-order valence-electron chi connectivity index (χ2n) is 8.21. The van der Waals surface area contributed by atoms with E-state index >= 15 is 0 Å². The number of alkyl halides is 3. The molecule has 3 atom stereocenters. The zero-order chi connectivity index (χ0) is 23.7. The first-order valence-electron chi connectivity index (χ1n) is 10.2. The number of rotatable bonds is 3. The van der Waals surface area contributed by atoms with E-state index in [2.05, 4.69) is 4.98 Å². The second kappa shape index (κ2) is 8.51. The molecule has 0 bridgehead atoms. The van der Waals surface area contributed by atoms with Crippen molar-refractivity contribution >= 4 is 29.4 Å². The van der Waals surface area contributed by atoms with Crippen molar-refractivity contribution in [2.75, 3.05) is 18.0 Å². The van der Waals surface area contributed by atoms with Crippen molar-refractivity contribution < 1.29 is 67.0 Å². The minimum Gasteiger partial charge on any atom is -0.543 e. The Balaban J connectivity index is 0.00000274. The number of likely N-dealkylation sites (tertiary alicyclic amines) is 1. The molecule has 5 heterocycles. The third-order valence-corrected chi connectivity index (χ3v) is 6.56. The number of aliphatic carboxylic acids is 1. The molecule has 0 aromatic carbocycles. The van der Waals surface area contributed by atoms with Crippen molar-refractivity contribution in [2.24, 2.45) is 5.92 Å². The summed E-state index contributed by atoms with van der Waals surface area (Å²) < 4.78 is 38.9. The Hall–Kier alpha value is -2.70. The Labute approximate surface area is 213 Å². The molecule has 3 fully saturated rings. The maximum absolute atomic E-state index is 13.0. The van der Waals surface area contributed by atoms with Gasteiger partial charge in [0.2, 0.25) is 0 Å². The summed E-state index contributed by atoms with van der Waals surface area (Å²) in [7, 11) is 0. The van der Waals surface area contributed by atoms with Crippen molar-refractivity contribution in [3.8, 4) is 0 Å². The van der Waals surface area contributed by atoms with Gasteiger partial charge in [-0.2, -0.15) is 13.2 Å². The van der Waals surface area contributed by atoms with E-state index in [0.29, 0.717) is 29.1 Å². The molecule has 4 aliphatic rings. The van der Waals surface area contributed by atoms with Crippen LogP contribution in [-0.2, 0) is 19.2 Å². The molecular weight excluding hydrogens is 468 g/mol. The van der Waals surface area contributed by atoms with Crippen LogP contribution in [0.5, 0.6) is 0 Å². The fourth-order valence-electron chi connectivity index (χ4n) is 5.19. The summed E-state index contributed by atoms with van der Waals surface area (Å²) in [5, 5.41) is 11.9. The fourth-order valence-corrected chi connectivity index (χ4v) is 5.19. The number of carboxylic acid groups (broad SMARTS) is 1. The molecule has 34 heavy (non-hydrogen) atoms. The zero-order valence-electron chi connectivity index (χ0n) is 17.9. The van der Waals surface area contributed by atoms with Crippen molar-refractivity contribution in [2.45, 2.75) is 31.1 Å². The smallest absolute Gasteiger partial charge is 0.543 e. The molecule has 3 amide bonds. The molecule has 1 unspecified atom stereocenters. The molecule has 9 nitrogen and oxygen atoms in total. The Morgan fingerprint density at radius 2 is 1.94 bits per heavy atom. The number of anilines is 1. The van der Waals surface area contributed by atoms with Crippen LogP contribution in [0.15, 0.2) is 47.4 Å². The van der Waals surface area contributed by atoms with Gasteiger partial charge in [0.15, 0.2) is 0 Å². The molecule has 3 saturated heterocycles. The van der Waals surface area contributed by atoms with E-state index in [0.717, 1.165) is 4.90 Å². The average molecular weight is 484 g/mol. The molecule has 1 aromatic rings. The number of halogens is 3. The van der Waals surface area contributed by atoms with Gasteiger partial charge in [0.05, 0.1) is 29.6 Å². The molecule has 1 aromatic heterocycles. The third-order valence-electron chi connectivity index (χ3n) is 6.56. The first-order valence-corrected chi connectivity index (χ1v) is 10.2. The summed E-state index contributed by atoms with van der Waals surface area (Å²) in [6.45, 7) is -0.00989. The summed E-state index contributed by atoms with van der Waals surface area (Å²) in [6, 6.07) is 1.06. The molecule has 0 N–H and O–H groups in total. The number of piperidine rings is 1. The van der Waals surface area contributed by atoms with E-state index < -0.39 is 47.7 Å². The minimum absolute atomic E-state index is 0. The SMILES string of the molecule is O=C([O-])C1=C(/C=C2\CCN(c3cccnc3)C2=O)C2CCN(C(=O)C(F)(F)F)[C@@H]3C(=O)N1[C@H]23.[Na+]. The van der Waals surface area contributed by atoms with Crippen LogP contribution in [0.2, 0.25) is 0 Å². The molecule has 0 aliphatic carbocycles. The van der Waals surface area contributed by atoms with Gasteiger partial charge in [-0.25, -0.2) is 0 Å². The van der Waals surface area contributed by atoms with E-state index in [9.17, 15) is 37.5 Å².